The van der Waals surface area contributed by atoms with Crippen LogP contribution in [-0.2, 0) is 11.2 Å². The zero-order valence-corrected chi connectivity index (χ0v) is 25.5. The van der Waals surface area contributed by atoms with E-state index in [-0.39, 0.29) is 12.5 Å². The van der Waals surface area contributed by atoms with E-state index in [0.717, 1.165) is 49.0 Å². The molecule has 2 aromatic carbocycles. The van der Waals surface area contributed by atoms with E-state index in [1.54, 1.807) is 19.1 Å². The van der Waals surface area contributed by atoms with E-state index in [1.807, 2.05) is 36.6 Å². The lowest BCUT2D eigenvalue weighted by Gasteiger charge is -2.23. The molecule has 3 rings (SSSR count). The average molecular weight is 572 g/mol. The highest BCUT2D eigenvalue weighted by Gasteiger charge is 2.23. The van der Waals surface area contributed by atoms with Crippen molar-refractivity contribution < 1.29 is 13.5 Å². The van der Waals surface area contributed by atoms with Gasteiger partial charge in [0, 0.05) is 35.7 Å². The molecule has 2 aromatic rings. The summed E-state index contributed by atoms with van der Waals surface area (Å²) in [5.74, 6) is -1.37. The summed E-state index contributed by atoms with van der Waals surface area (Å²) in [5, 5.41) is 3.12. The van der Waals surface area contributed by atoms with Crippen LogP contribution in [0.3, 0.4) is 0 Å². The van der Waals surface area contributed by atoms with E-state index < -0.39 is 5.92 Å². The first-order chi connectivity index (χ1) is 19.1. The predicted molar refractivity (Wildman–Crippen MR) is 169 cm³/mol. The molecule has 220 valence electrons. The van der Waals surface area contributed by atoms with Crippen LogP contribution in [0.1, 0.15) is 82.4 Å². The Morgan fingerprint density at radius 3 is 2.27 bits per heavy atom. The molecule has 0 saturated heterocycles. The number of allylic oxidation sites excluding steroid dienone is 2. The molecule has 1 atom stereocenters. The van der Waals surface area contributed by atoms with Crippen LogP contribution in [0, 0.1) is 5.92 Å². The van der Waals surface area contributed by atoms with Gasteiger partial charge in [0.1, 0.15) is 0 Å². The van der Waals surface area contributed by atoms with Crippen molar-refractivity contribution in [1.29, 1.82) is 0 Å². The molecule has 1 saturated carbocycles. The maximum absolute atomic E-state index is 12.9. The van der Waals surface area contributed by atoms with Crippen molar-refractivity contribution >= 4 is 23.5 Å². The van der Waals surface area contributed by atoms with Gasteiger partial charge in [0.2, 0.25) is 0 Å². The molecular weight excluding hydrogens is 524 g/mol. The summed E-state index contributed by atoms with van der Waals surface area (Å²) in [6.07, 6.45) is 10.6. The minimum Gasteiger partial charge on any atom is -0.484 e. The number of hydrogen-bond acceptors (Lipinski definition) is 5. The minimum absolute atomic E-state index is 0.0612. The van der Waals surface area contributed by atoms with Crippen LogP contribution < -0.4 is 10.0 Å². The molecule has 2 N–H and O–H groups in total. The molecule has 7 heteroatoms. The monoisotopic (exact) mass is 571 g/mol. The van der Waals surface area contributed by atoms with E-state index in [2.05, 4.69) is 59.4 Å². The number of hydrogen-bond donors (Lipinski definition) is 2. The van der Waals surface area contributed by atoms with Gasteiger partial charge in [0.15, 0.2) is 5.90 Å². The summed E-state index contributed by atoms with van der Waals surface area (Å²) >= 11 is 1.60. The Kier molecular flexibility index (Phi) is 14.9. The van der Waals surface area contributed by atoms with Gasteiger partial charge in [-0.05, 0) is 49.4 Å². The number of methoxy groups -OCH3 is 1. The van der Waals surface area contributed by atoms with Crippen molar-refractivity contribution in [2.24, 2.45) is 10.9 Å². The first-order valence-corrected chi connectivity index (χ1v) is 15.4. The SMILES string of the molecule is C=C(CC(C)(F)F)NC(CCC)c1ccccc1.C=C(Cc1ccc(NSC)cc1)N=C(OC)C1CCCCC1. The van der Waals surface area contributed by atoms with Crippen LogP contribution >= 0.6 is 11.9 Å². The number of rotatable bonds is 13. The van der Waals surface area contributed by atoms with Crippen LogP contribution in [0.25, 0.3) is 0 Å². The summed E-state index contributed by atoms with van der Waals surface area (Å²) in [5.41, 5.74) is 4.71. The predicted octanol–water partition coefficient (Wildman–Crippen LogP) is 9.73. The van der Waals surface area contributed by atoms with E-state index in [4.69, 9.17) is 4.74 Å². The van der Waals surface area contributed by atoms with Gasteiger partial charge in [-0.25, -0.2) is 13.8 Å². The Balaban J connectivity index is 0.000000286. The Morgan fingerprint density at radius 1 is 1.07 bits per heavy atom. The highest BCUT2D eigenvalue weighted by Crippen LogP contribution is 2.27. The van der Waals surface area contributed by atoms with E-state index in [1.165, 1.54) is 37.7 Å². The summed E-state index contributed by atoms with van der Waals surface area (Å²) in [6.45, 7) is 10.8. The first kappa shape index (κ1) is 33.4. The molecular formula is C33H47F2N3OS. The van der Waals surface area contributed by atoms with Gasteiger partial charge in [-0.3, -0.25) is 0 Å². The Hall–Kier alpha value is -2.80. The van der Waals surface area contributed by atoms with E-state index in [9.17, 15) is 8.78 Å². The normalized spacial score (nSPS) is 14.9. The molecule has 0 spiro atoms. The van der Waals surface area contributed by atoms with Crippen molar-refractivity contribution in [1.82, 2.24) is 5.32 Å². The number of nitrogens with one attached hydrogen (secondary N) is 2. The molecule has 1 aliphatic carbocycles. The maximum atomic E-state index is 12.9. The zero-order valence-electron chi connectivity index (χ0n) is 24.6. The van der Waals surface area contributed by atoms with Gasteiger partial charge in [0.05, 0.1) is 19.6 Å². The van der Waals surface area contributed by atoms with Crippen LogP contribution in [0.15, 0.2) is 84.1 Å². The van der Waals surface area contributed by atoms with Crippen LogP contribution in [0.2, 0.25) is 0 Å². The van der Waals surface area contributed by atoms with Gasteiger partial charge in [-0.2, -0.15) is 0 Å². The van der Waals surface area contributed by atoms with Gasteiger partial charge in [-0.15, -0.1) is 0 Å². The second-order valence-electron chi connectivity index (χ2n) is 10.5. The molecule has 0 aliphatic heterocycles. The minimum atomic E-state index is -2.71. The molecule has 1 aliphatic rings. The molecule has 0 aromatic heterocycles. The summed E-state index contributed by atoms with van der Waals surface area (Å²) in [7, 11) is 1.73. The lowest BCUT2D eigenvalue weighted by molar-refractivity contribution is 0.0208. The van der Waals surface area contributed by atoms with Crippen molar-refractivity contribution in [3.8, 4) is 0 Å². The standard InChI is InChI=1S/C18H26N2OS.C15H21F2N/c1-14(13-15-9-11-17(12-10-15)20-22-3)19-18(21-2)16-7-5-4-6-8-16;1-4-8-14(13-9-6-5-7-10-13)18-12(2)11-15(3,16)17/h9-12,16,20H,1,4-8,13H2,2-3H3;5-7,9-10,14,18H,2,4,8,11H2,1,3H3. The lowest BCUT2D eigenvalue weighted by atomic mass is 9.89. The number of anilines is 1. The third-order valence-electron chi connectivity index (χ3n) is 6.70. The molecule has 0 heterocycles. The highest BCUT2D eigenvalue weighted by atomic mass is 32.2. The molecule has 0 radical (unpaired) electrons. The van der Waals surface area contributed by atoms with Crippen molar-refractivity contribution in [3.63, 3.8) is 0 Å². The van der Waals surface area contributed by atoms with Crippen LogP contribution in [0.4, 0.5) is 14.5 Å². The second kappa shape index (κ2) is 17.8. The Morgan fingerprint density at radius 2 is 1.73 bits per heavy atom. The number of nitrogens with zero attached hydrogens (tertiary/aromatic N) is 1. The second-order valence-corrected chi connectivity index (χ2v) is 11.1. The fourth-order valence-electron chi connectivity index (χ4n) is 4.86. The molecule has 0 bridgehead atoms. The quantitative estimate of drug-likeness (QED) is 0.143. The van der Waals surface area contributed by atoms with Gasteiger partial charge >= 0.3 is 0 Å². The van der Waals surface area contributed by atoms with Crippen molar-refractivity contribution in [2.45, 2.75) is 83.6 Å². The summed E-state index contributed by atoms with van der Waals surface area (Å²) in [4.78, 5) is 4.65. The number of aliphatic imine (C=N–C) groups is 1. The molecule has 1 fully saturated rings. The number of benzene rings is 2. The molecule has 40 heavy (non-hydrogen) atoms. The number of alkyl halides is 2. The Bertz CT molecular complexity index is 1050. The molecule has 0 amide bonds. The van der Waals surface area contributed by atoms with Crippen LogP contribution in [0.5, 0.6) is 0 Å². The largest absolute Gasteiger partial charge is 0.484 e. The molecule has 4 nitrogen and oxygen atoms in total. The average Bonchev–Trinajstić information content (AvgIpc) is 2.93. The molecule has 1 unspecified atom stereocenters. The summed E-state index contributed by atoms with van der Waals surface area (Å²) < 4.78 is 34.6. The zero-order chi connectivity index (χ0) is 29.4. The van der Waals surface area contributed by atoms with E-state index in [0.29, 0.717) is 11.6 Å². The smallest absolute Gasteiger partial charge is 0.250 e. The van der Waals surface area contributed by atoms with Crippen LogP contribution in [-0.4, -0.2) is 25.2 Å². The van der Waals surface area contributed by atoms with Crippen molar-refractivity contribution in [3.05, 3.63) is 90.3 Å². The topological polar surface area (TPSA) is 45.7 Å². The fraction of sp³-hybridized carbons (Fsp3) is 0.485. The summed E-state index contributed by atoms with van der Waals surface area (Å²) in [6, 6.07) is 18.3. The number of halogens is 2. The van der Waals surface area contributed by atoms with Crippen molar-refractivity contribution in [2.75, 3.05) is 18.1 Å². The van der Waals surface area contributed by atoms with Gasteiger partial charge < -0.3 is 14.8 Å². The highest BCUT2D eigenvalue weighted by molar-refractivity contribution is 7.99. The maximum Gasteiger partial charge on any atom is 0.250 e. The van der Waals surface area contributed by atoms with Gasteiger partial charge in [0.25, 0.3) is 5.92 Å². The third-order valence-corrected chi connectivity index (χ3v) is 7.14. The lowest BCUT2D eigenvalue weighted by Crippen LogP contribution is -2.24. The third kappa shape index (κ3) is 13.0. The number of ether oxygens (including phenoxy) is 1. The van der Waals surface area contributed by atoms with E-state index >= 15 is 0 Å². The first-order valence-electron chi connectivity index (χ1n) is 14.2. The van der Waals surface area contributed by atoms with Gasteiger partial charge in [-0.1, -0.05) is 100 Å². The fourth-order valence-corrected chi connectivity index (χ4v) is 5.23. The Labute approximate surface area is 244 Å².